The zero-order valence-electron chi connectivity index (χ0n) is 13.2. The van der Waals surface area contributed by atoms with Gasteiger partial charge >= 0.3 is 0 Å². The number of carbonyl (C=O) groups is 1. The highest BCUT2D eigenvalue weighted by molar-refractivity contribution is 5.92. The summed E-state index contributed by atoms with van der Waals surface area (Å²) < 4.78 is 5.57. The highest BCUT2D eigenvalue weighted by Gasteiger charge is 2.06. The predicted molar refractivity (Wildman–Crippen MR) is 91.8 cm³/mol. The summed E-state index contributed by atoms with van der Waals surface area (Å²) in [6.07, 6.45) is 1.75. The van der Waals surface area contributed by atoms with Crippen molar-refractivity contribution < 1.29 is 9.53 Å². The van der Waals surface area contributed by atoms with Crippen LogP contribution in [-0.4, -0.2) is 17.5 Å². The molecule has 3 rings (SSSR count). The molecule has 0 radical (unpaired) electrons. The lowest BCUT2D eigenvalue weighted by Crippen LogP contribution is -2.20. The molecule has 4 nitrogen and oxygen atoms in total. The summed E-state index contributed by atoms with van der Waals surface area (Å²) in [4.78, 5) is 16.3. The average Bonchev–Trinajstić information content (AvgIpc) is 2.55. The quantitative estimate of drug-likeness (QED) is 0.796. The van der Waals surface area contributed by atoms with E-state index in [4.69, 9.17) is 4.74 Å². The van der Waals surface area contributed by atoms with E-state index in [9.17, 15) is 4.79 Å². The highest BCUT2D eigenvalue weighted by atomic mass is 16.5. The van der Waals surface area contributed by atoms with E-state index in [1.54, 1.807) is 6.20 Å². The Morgan fingerprint density at radius 3 is 2.83 bits per heavy atom. The van der Waals surface area contributed by atoms with Crippen LogP contribution in [0.4, 0.5) is 5.69 Å². The van der Waals surface area contributed by atoms with Crippen molar-refractivity contribution >= 4 is 22.5 Å². The number of hydrogen-bond donors (Lipinski definition) is 1. The minimum atomic E-state index is -0.178. The maximum Gasteiger partial charge on any atom is 0.262 e. The van der Waals surface area contributed by atoms with E-state index in [-0.39, 0.29) is 12.5 Å². The molecular weight excluding hydrogens is 288 g/mol. The molecule has 0 atom stereocenters. The molecule has 1 amide bonds. The third kappa shape index (κ3) is 3.66. The van der Waals surface area contributed by atoms with Gasteiger partial charge in [-0.05, 0) is 49.7 Å². The number of hydrogen-bond acceptors (Lipinski definition) is 3. The second-order valence-corrected chi connectivity index (χ2v) is 5.51. The number of nitrogens with zero attached hydrogens (tertiary/aromatic N) is 1. The van der Waals surface area contributed by atoms with E-state index in [0.717, 1.165) is 22.2 Å². The molecule has 0 unspecified atom stereocenters. The molecule has 1 heterocycles. The lowest BCUT2D eigenvalue weighted by atomic mass is 10.1. The smallest absolute Gasteiger partial charge is 0.262 e. The van der Waals surface area contributed by atoms with Gasteiger partial charge in [-0.15, -0.1) is 0 Å². The second-order valence-electron chi connectivity index (χ2n) is 5.51. The van der Waals surface area contributed by atoms with Gasteiger partial charge in [0, 0.05) is 17.3 Å². The van der Waals surface area contributed by atoms with Gasteiger partial charge in [0.25, 0.3) is 5.91 Å². The lowest BCUT2D eigenvalue weighted by molar-refractivity contribution is -0.118. The molecule has 0 aliphatic rings. The molecule has 2 aromatic carbocycles. The zero-order valence-corrected chi connectivity index (χ0v) is 13.2. The van der Waals surface area contributed by atoms with E-state index >= 15 is 0 Å². The van der Waals surface area contributed by atoms with Crippen LogP contribution in [0.3, 0.4) is 0 Å². The largest absolute Gasteiger partial charge is 0.484 e. The minimum absolute atomic E-state index is 0.0287. The third-order valence-electron chi connectivity index (χ3n) is 3.60. The van der Waals surface area contributed by atoms with Crippen LogP contribution in [0.5, 0.6) is 5.75 Å². The molecule has 23 heavy (non-hydrogen) atoms. The molecule has 0 saturated heterocycles. The van der Waals surface area contributed by atoms with Gasteiger partial charge in [0.05, 0.1) is 5.52 Å². The number of rotatable bonds is 4. The van der Waals surface area contributed by atoms with Crippen molar-refractivity contribution in [3.8, 4) is 5.75 Å². The lowest BCUT2D eigenvalue weighted by Gasteiger charge is -2.10. The first kappa shape index (κ1) is 15.0. The maximum absolute atomic E-state index is 12.0. The molecule has 1 N–H and O–H groups in total. The number of nitrogens with one attached hydrogen (secondary N) is 1. The van der Waals surface area contributed by atoms with Crippen LogP contribution in [0.15, 0.2) is 54.7 Å². The summed E-state index contributed by atoms with van der Waals surface area (Å²) in [5, 5.41) is 3.85. The molecule has 4 heteroatoms. The van der Waals surface area contributed by atoms with Gasteiger partial charge in [-0.2, -0.15) is 0 Å². The summed E-state index contributed by atoms with van der Waals surface area (Å²) in [6, 6.07) is 15.3. The molecule has 1 aromatic heterocycles. The molecule has 0 saturated carbocycles. The monoisotopic (exact) mass is 306 g/mol. The third-order valence-corrected chi connectivity index (χ3v) is 3.60. The van der Waals surface area contributed by atoms with Crippen molar-refractivity contribution in [2.24, 2.45) is 0 Å². The van der Waals surface area contributed by atoms with Crippen LogP contribution in [0.25, 0.3) is 10.9 Å². The van der Waals surface area contributed by atoms with Crippen molar-refractivity contribution in [2.75, 3.05) is 11.9 Å². The maximum atomic E-state index is 12.0. The number of carbonyl (C=O) groups excluding carboxylic acids is 1. The Morgan fingerprint density at radius 1 is 1.13 bits per heavy atom. The average molecular weight is 306 g/mol. The number of amides is 1. The van der Waals surface area contributed by atoms with E-state index in [1.807, 2.05) is 62.4 Å². The number of fused-ring (bicyclic) bond motifs is 1. The molecule has 116 valence electrons. The first-order valence-electron chi connectivity index (χ1n) is 7.46. The van der Waals surface area contributed by atoms with Crippen LogP contribution in [-0.2, 0) is 4.79 Å². The van der Waals surface area contributed by atoms with Gasteiger partial charge in [0.1, 0.15) is 5.75 Å². The molecule has 0 spiro atoms. The summed E-state index contributed by atoms with van der Waals surface area (Å²) in [6.45, 7) is 3.97. The molecule has 0 fully saturated rings. The Balaban J connectivity index is 1.63. The standard InChI is InChI=1S/C19H18N2O2/c1-13-5-7-17(14(2)10-13)21-19(22)12-23-16-6-8-18-15(11-16)4-3-9-20-18/h3-11H,12H2,1-2H3,(H,21,22). The molecular formula is C19H18N2O2. The van der Waals surface area contributed by atoms with E-state index in [2.05, 4.69) is 10.3 Å². The molecule has 0 aliphatic carbocycles. The van der Waals surface area contributed by atoms with Crippen LogP contribution in [0.1, 0.15) is 11.1 Å². The van der Waals surface area contributed by atoms with Gasteiger partial charge < -0.3 is 10.1 Å². The van der Waals surface area contributed by atoms with Crippen molar-refractivity contribution in [1.82, 2.24) is 4.98 Å². The molecule has 3 aromatic rings. The van der Waals surface area contributed by atoms with E-state index in [1.165, 1.54) is 5.56 Å². The van der Waals surface area contributed by atoms with Gasteiger partial charge in [-0.25, -0.2) is 0 Å². The summed E-state index contributed by atoms with van der Waals surface area (Å²) >= 11 is 0. The topological polar surface area (TPSA) is 51.2 Å². The Labute approximate surface area is 135 Å². The fourth-order valence-corrected chi connectivity index (χ4v) is 2.43. The number of aryl methyl sites for hydroxylation is 2. The normalized spacial score (nSPS) is 10.5. The van der Waals surface area contributed by atoms with E-state index in [0.29, 0.717) is 5.75 Å². The highest BCUT2D eigenvalue weighted by Crippen LogP contribution is 2.19. The van der Waals surface area contributed by atoms with Crippen molar-refractivity contribution in [3.63, 3.8) is 0 Å². The van der Waals surface area contributed by atoms with Crippen molar-refractivity contribution in [3.05, 3.63) is 65.9 Å². The molecule has 0 bridgehead atoms. The number of benzene rings is 2. The zero-order chi connectivity index (χ0) is 16.2. The van der Waals surface area contributed by atoms with Crippen molar-refractivity contribution in [2.45, 2.75) is 13.8 Å². The SMILES string of the molecule is Cc1ccc(NC(=O)COc2ccc3ncccc3c2)c(C)c1. The van der Waals surface area contributed by atoms with Gasteiger partial charge in [-0.1, -0.05) is 23.8 Å². The first-order chi connectivity index (χ1) is 11.1. The minimum Gasteiger partial charge on any atom is -0.484 e. The Bertz CT molecular complexity index is 859. The van der Waals surface area contributed by atoms with Crippen LogP contribution >= 0.6 is 0 Å². The van der Waals surface area contributed by atoms with Crippen LogP contribution in [0, 0.1) is 13.8 Å². The second kappa shape index (κ2) is 6.48. The number of ether oxygens (including phenoxy) is 1. The summed E-state index contributed by atoms with van der Waals surface area (Å²) in [7, 11) is 0. The Hall–Kier alpha value is -2.88. The van der Waals surface area contributed by atoms with Gasteiger partial charge in [0.15, 0.2) is 6.61 Å². The number of aromatic nitrogens is 1. The van der Waals surface area contributed by atoms with Crippen molar-refractivity contribution in [1.29, 1.82) is 0 Å². The Morgan fingerprint density at radius 2 is 2.00 bits per heavy atom. The fourth-order valence-electron chi connectivity index (χ4n) is 2.43. The first-order valence-corrected chi connectivity index (χ1v) is 7.46. The van der Waals surface area contributed by atoms with Crippen LogP contribution in [0.2, 0.25) is 0 Å². The van der Waals surface area contributed by atoms with Gasteiger partial charge in [0.2, 0.25) is 0 Å². The summed E-state index contributed by atoms with van der Waals surface area (Å²) in [5.74, 6) is 0.476. The number of pyridine rings is 1. The predicted octanol–water partition coefficient (Wildman–Crippen LogP) is 3.87. The number of anilines is 1. The van der Waals surface area contributed by atoms with Gasteiger partial charge in [-0.3, -0.25) is 9.78 Å². The van der Waals surface area contributed by atoms with E-state index < -0.39 is 0 Å². The summed E-state index contributed by atoms with van der Waals surface area (Å²) in [5.41, 5.74) is 3.92. The Kier molecular flexibility index (Phi) is 4.24. The fraction of sp³-hybridized carbons (Fsp3) is 0.158. The van der Waals surface area contributed by atoms with Crippen LogP contribution < -0.4 is 10.1 Å². The molecule has 0 aliphatic heterocycles.